The Bertz CT molecular complexity index is 2870. The number of likely N-dealkylation sites (tertiary alicyclic amines) is 1. The van der Waals surface area contributed by atoms with E-state index >= 15 is 0 Å². The lowest BCUT2D eigenvalue weighted by Crippen LogP contribution is -2.57. The fourth-order valence-corrected chi connectivity index (χ4v) is 10.00. The molecule has 7 rings (SSSR count). The van der Waals surface area contributed by atoms with Gasteiger partial charge in [-0.05, 0) is 59.6 Å². The number of likely N-dealkylation sites (N-methyl/N-ethyl adjacent to an activating group) is 1. The predicted molar refractivity (Wildman–Crippen MR) is 293 cm³/mol. The number of β-amino-alcohol motifs (C(OH)–C–C–N with tert-alkyl or cyclic N) is 1. The molecule has 2 aliphatic rings. The molecule has 2 aromatic heterocycles. The minimum Gasteiger partial charge on any atom is -0.507 e. The van der Waals surface area contributed by atoms with Crippen LogP contribution in [0.2, 0.25) is 0 Å². The summed E-state index contributed by atoms with van der Waals surface area (Å²) >= 11 is 1.56. The molecule has 1 aliphatic heterocycles. The number of thiazole rings is 1. The second-order valence-electron chi connectivity index (χ2n) is 20.5. The van der Waals surface area contributed by atoms with Crippen molar-refractivity contribution in [1.29, 1.82) is 0 Å². The molecule has 0 bridgehead atoms. The Kier molecular flexibility index (Phi) is 21.6. The van der Waals surface area contributed by atoms with Crippen LogP contribution in [0.15, 0.2) is 82.8 Å². The lowest BCUT2D eigenvalue weighted by atomic mass is 9.85. The van der Waals surface area contributed by atoms with E-state index in [4.69, 9.17) is 23.5 Å². The van der Waals surface area contributed by atoms with E-state index in [2.05, 4.69) is 37.5 Å². The van der Waals surface area contributed by atoms with Gasteiger partial charge in [-0.25, -0.2) is 4.98 Å². The maximum Gasteiger partial charge on any atom is 0.273 e. The number of hydrogen-bond acceptors (Lipinski definition) is 16. The molecule has 0 spiro atoms. The van der Waals surface area contributed by atoms with Gasteiger partial charge in [-0.15, -0.1) is 11.3 Å². The number of fused-ring (bicyclic) bond motifs is 1. The van der Waals surface area contributed by atoms with Gasteiger partial charge in [-0.2, -0.15) is 0 Å². The summed E-state index contributed by atoms with van der Waals surface area (Å²) in [5.74, 6) is -2.31. The number of aromatic hydroxyl groups is 1. The molecule has 6 amide bonds. The molecule has 3 heterocycles. The smallest absolute Gasteiger partial charge is 0.273 e. The minimum atomic E-state index is -0.954. The first kappa shape index (κ1) is 59.6. The van der Waals surface area contributed by atoms with Crippen LogP contribution in [0, 0.1) is 12.3 Å². The zero-order valence-corrected chi connectivity index (χ0v) is 46.2. The predicted octanol–water partition coefficient (Wildman–Crippen LogP) is 4.74. The van der Waals surface area contributed by atoms with Crippen molar-refractivity contribution in [3.05, 3.63) is 112 Å². The number of aliphatic hydroxyl groups excluding tert-OH is 1. The molecule has 1 fully saturated rings. The van der Waals surface area contributed by atoms with Gasteiger partial charge in [-0.3, -0.25) is 28.8 Å². The number of aromatic nitrogens is 2. The van der Waals surface area contributed by atoms with Gasteiger partial charge < -0.3 is 64.8 Å². The third-order valence-electron chi connectivity index (χ3n) is 13.6. The Morgan fingerprint density at radius 2 is 1.51 bits per heavy atom. The number of phenols is 1. The molecule has 4 atom stereocenters. The third-order valence-corrected chi connectivity index (χ3v) is 14.6. The lowest BCUT2D eigenvalue weighted by Gasteiger charge is -2.35. The highest BCUT2D eigenvalue weighted by atomic mass is 32.1. The van der Waals surface area contributed by atoms with Crippen LogP contribution >= 0.6 is 11.3 Å². The van der Waals surface area contributed by atoms with Gasteiger partial charge in [0.05, 0.1) is 86.6 Å². The normalized spacial score (nSPS) is 16.3. The van der Waals surface area contributed by atoms with Crippen LogP contribution < -0.4 is 21.3 Å². The molecule has 424 valence electrons. The van der Waals surface area contributed by atoms with Crippen molar-refractivity contribution in [1.82, 2.24) is 41.2 Å². The number of rotatable bonds is 28. The van der Waals surface area contributed by atoms with Crippen molar-refractivity contribution in [3.63, 3.8) is 0 Å². The number of benzene rings is 3. The second-order valence-corrected chi connectivity index (χ2v) is 21.4. The van der Waals surface area contributed by atoms with Gasteiger partial charge in [0.25, 0.3) is 11.8 Å². The van der Waals surface area contributed by atoms with E-state index in [9.17, 15) is 39.0 Å². The zero-order chi connectivity index (χ0) is 56.5. The number of aliphatic hydroxyl groups is 1. The van der Waals surface area contributed by atoms with Crippen LogP contribution in [0.3, 0.4) is 0 Å². The van der Waals surface area contributed by atoms with Crippen LogP contribution in [0.5, 0.6) is 5.75 Å². The fraction of sp³-hybridized carbons (Fsp3) is 0.474. The van der Waals surface area contributed by atoms with Crippen LogP contribution in [0.1, 0.15) is 95.7 Å². The Morgan fingerprint density at radius 3 is 2.16 bits per heavy atom. The summed E-state index contributed by atoms with van der Waals surface area (Å²) < 4.78 is 27.6. The summed E-state index contributed by atoms with van der Waals surface area (Å²) in [6, 6.07) is 19.8. The van der Waals surface area contributed by atoms with Gasteiger partial charge >= 0.3 is 0 Å². The number of hydrogen-bond donors (Lipinski definition) is 6. The molecule has 3 aromatic carbocycles. The van der Waals surface area contributed by atoms with Crippen LogP contribution in [0.4, 0.5) is 0 Å². The first-order chi connectivity index (χ1) is 38.0. The number of nitrogens with one attached hydrogen (secondary N) is 4. The van der Waals surface area contributed by atoms with E-state index in [-0.39, 0.29) is 125 Å². The van der Waals surface area contributed by atoms with Gasteiger partial charge in [-0.1, -0.05) is 80.5 Å². The van der Waals surface area contributed by atoms with E-state index < -0.39 is 41.3 Å². The van der Waals surface area contributed by atoms with Gasteiger partial charge in [0.15, 0.2) is 11.5 Å². The summed E-state index contributed by atoms with van der Waals surface area (Å²) in [5.41, 5.74) is 6.88. The van der Waals surface area contributed by atoms with Crippen molar-refractivity contribution >= 4 is 46.8 Å². The minimum absolute atomic E-state index is 0.00394. The molecule has 5 aromatic rings. The van der Waals surface area contributed by atoms with Crippen LogP contribution in [-0.2, 0) is 51.1 Å². The highest BCUT2D eigenvalue weighted by Gasteiger charge is 2.44. The van der Waals surface area contributed by atoms with Crippen LogP contribution in [0.25, 0.3) is 21.8 Å². The van der Waals surface area contributed by atoms with E-state index in [0.29, 0.717) is 25.4 Å². The fourth-order valence-electron chi connectivity index (χ4n) is 9.19. The molecule has 21 nitrogen and oxygen atoms in total. The van der Waals surface area contributed by atoms with Gasteiger partial charge in [0.1, 0.15) is 17.8 Å². The summed E-state index contributed by atoms with van der Waals surface area (Å²) in [7, 11) is 1.56. The number of nitrogens with zero attached hydrogens (tertiary/aromatic N) is 4. The monoisotopic (exact) mass is 1110 g/mol. The molecular formula is C57H72N8O13S. The first-order valence-electron chi connectivity index (χ1n) is 26.5. The Balaban J connectivity index is 0.686. The number of phenolic OH excluding ortho intramolecular Hbond substituents is 1. The molecule has 1 saturated heterocycles. The maximum absolute atomic E-state index is 13.9. The number of carbonyl (C=O) groups excluding carboxylic acids is 6. The van der Waals surface area contributed by atoms with Gasteiger partial charge in [0, 0.05) is 64.1 Å². The lowest BCUT2D eigenvalue weighted by molar-refractivity contribution is -0.144. The largest absolute Gasteiger partial charge is 0.507 e. The molecule has 22 heteroatoms. The highest BCUT2D eigenvalue weighted by molar-refractivity contribution is 7.13. The molecule has 0 unspecified atom stereocenters. The van der Waals surface area contributed by atoms with Crippen molar-refractivity contribution in [3.8, 4) is 27.5 Å². The average molecular weight is 1110 g/mol. The summed E-state index contributed by atoms with van der Waals surface area (Å²) in [6.07, 6.45) is 0.991. The van der Waals surface area contributed by atoms with Crippen molar-refractivity contribution in [2.45, 2.75) is 90.6 Å². The standard InChI is InChI=1S/C57H72N8O13S/c1-36-51(79-35-60-36)39-12-10-37(11-13-39)33-59-54(71)46-31-41(66)34-65(46)56(73)52(57(2,3)4)62-50(69)19-23-75-25-27-77-29-28-76-26-24-74-22-18-49(68)58-20-21-64(5)55(72)43-16-14-40(30-47(43)67)48-32-45(63-78-48)53(70)61-44-17-15-38-8-6-7-9-42(38)44/h6-14,16,30,32,35,41,44,46,52,66-67H,15,17-29,31,33-34H2,1-5H3,(H,58,68)(H,59,71)(H,61,70)(H,62,69)/t41-,44-,46+,52-/m1/s1. The number of ether oxygens (including phenoxy) is 4. The molecule has 79 heavy (non-hydrogen) atoms. The zero-order valence-electron chi connectivity index (χ0n) is 45.4. The average Bonchev–Trinajstić information content (AvgIpc) is 4.32. The summed E-state index contributed by atoms with van der Waals surface area (Å²) in [6.45, 7) is 9.96. The third kappa shape index (κ3) is 17.0. The Labute approximate surface area is 463 Å². The Morgan fingerprint density at radius 1 is 0.848 bits per heavy atom. The molecule has 6 N–H and O–H groups in total. The number of amides is 6. The first-order valence-corrected chi connectivity index (χ1v) is 27.4. The molecule has 0 saturated carbocycles. The molecular weight excluding hydrogens is 1040 g/mol. The maximum atomic E-state index is 13.9. The van der Waals surface area contributed by atoms with Crippen LogP contribution in [-0.4, -0.2) is 163 Å². The molecule has 1 aliphatic carbocycles. The van der Waals surface area contributed by atoms with E-state index in [1.54, 1.807) is 30.0 Å². The number of carbonyl (C=O) groups is 6. The highest BCUT2D eigenvalue weighted by Crippen LogP contribution is 2.33. The van der Waals surface area contributed by atoms with E-state index in [1.165, 1.54) is 33.6 Å². The van der Waals surface area contributed by atoms with Gasteiger partial charge in [0.2, 0.25) is 23.6 Å². The Hall–Kier alpha value is -7.08. The van der Waals surface area contributed by atoms with E-state index in [1.807, 2.05) is 70.2 Å². The topological polar surface area (TPSA) is 273 Å². The molecule has 0 radical (unpaired) electrons. The van der Waals surface area contributed by atoms with Crippen molar-refractivity contribution < 1.29 is 62.5 Å². The number of aryl methyl sites for hydroxylation is 2. The SMILES string of the molecule is Cc1ncsc1-c1ccc(CNC(=O)[C@@H]2C[C@@H](O)CN2C(=O)[C@@H](NC(=O)CCOCCOCCOCCOCCC(=O)NCCN(C)C(=O)c2ccc(-c3cc(C(=O)N[C@@H]4CCc5ccccc54)no3)cc2O)C(C)(C)C)cc1. The summed E-state index contributed by atoms with van der Waals surface area (Å²) in [5, 5.41) is 36.7. The second kappa shape index (κ2) is 28.7. The van der Waals surface area contributed by atoms with Crippen molar-refractivity contribution in [2.24, 2.45) is 5.41 Å². The van der Waals surface area contributed by atoms with E-state index in [0.717, 1.165) is 40.1 Å². The quantitative estimate of drug-likeness (QED) is 0.0369. The summed E-state index contributed by atoms with van der Waals surface area (Å²) in [4.78, 5) is 87.0. The van der Waals surface area contributed by atoms with Crippen molar-refractivity contribution in [2.75, 3.05) is 79.5 Å².